The van der Waals surface area contributed by atoms with Crippen LogP contribution in [0.1, 0.15) is 37.4 Å². The second-order valence-corrected chi connectivity index (χ2v) is 7.72. The molecule has 0 radical (unpaired) electrons. The topological polar surface area (TPSA) is 71.0 Å². The van der Waals surface area contributed by atoms with E-state index in [1.165, 1.54) is 5.56 Å². The van der Waals surface area contributed by atoms with Crippen molar-refractivity contribution in [1.29, 1.82) is 0 Å². The van der Waals surface area contributed by atoms with E-state index in [2.05, 4.69) is 52.6 Å². The first-order valence-corrected chi connectivity index (χ1v) is 10.8. The fraction of sp³-hybridized carbons (Fsp3) is 0.478. The first kappa shape index (κ1) is 23.6. The Balaban J connectivity index is 0.00000272. The number of aromatic nitrogens is 1. The van der Waals surface area contributed by atoms with E-state index >= 15 is 0 Å². The van der Waals surface area contributed by atoms with Crippen molar-refractivity contribution in [3.05, 3.63) is 53.7 Å². The van der Waals surface area contributed by atoms with E-state index in [0.717, 1.165) is 55.8 Å². The van der Waals surface area contributed by atoms with E-state index in [1.54, 1.807) is 0 Å². The van der Waals surface area contributed by atoms with Crippen LogP contribution >= 0.6 is 24.0 Å². The van der Waals surface area contributed by atoms with Crippen molar-refractivity contribution in [2.75, 3.05) is 37.7 Å². The highest BCUT2D eigenvalue weighted by molar-refractivity contribution is 14.0. The summed E-state index contributed by atoms with van der Waals surface area (Å²) in [5.41, 5.74) is 2.32. The van der Waals surface area contributed by atoms with Gasteiger partial charge in [-0.15, -0.1) is 24.0 Å². The molecule has 1 aromatic heterocycles. The number of guanidine groups is 1. The summed E-state index contributed by atoms with van der Waals surface area (Å²) in [6.07, 6.45) is 3.01. The molecule has 2 atom stereocenters. The van der Waals surface area contributed by atoms with Gasteiger partial charge in [0.2, 0.25) is 0 Å². The van der Waals surface area contributed by atoms with Gasteiger partial charge in [-0.2, -0.15) is 0 Å². The van der Waals surface area contributed by atoms with Gasteiger partial charge in [0, 0.05) is 37.8 Å². The Morgan fingerprint density at radius 1 is 1.26 bits per heavy atom. The minimum Gasteiger partial charge on any atom is -0.493 e. The van der Waals surface area contributed by atoms with E-state index in [9.17, 15) is 0 Å². The molecule has 3 heterocycles. The van der Waals surface area contributed by atoms with Gasteiger partial charge in [-0.1, -0.05) is 18.2 Å². The molecule has 31 heavy (non-hydrogen) atoms. The minimum atomic E-state index is 0. The molecule has 2 unspecified atom stereocenters. The van der Waals surface area contributed by atoms with Crippen molar-refractivity contribution < 1.29 is 9.47 Å². The lowest BCUT2D eigenvalue weighted by Gasteiger charge is -2.32. The third-order valence-electron chi connectivity index (χ3n) is 5.41. The average molecular weight is 537 g/mol. The van der Waals surface area contributed by atoms with Gasteiger partial charge in [0.05, 0.1) is 31.9 Å². The van der Waals surface area contributed by atoms with Crippen molar-refractivity contribution in [2.24, 2.45) is 4.99 Å². The molecule has 0 amide bonds. The van der Waals surface area contributed by atoms with Crippen molar-refractivity contribution in [3.8, 4) is 5.75 Å². The van der Waals surface area contributed by atoms with Crippen LogP contribution < -0.4 is 20.3 Å². The lowest BCUT2D eigenvalue weighted by atomic mass is 10.0. The predicted octanol–water partition coefficient (Wildman–Crippen LogP) is 3.50. The van der Waals surface area contributed by atoms with Gasteiger partial charge in [0.15, 0.2) is 5.96 Å². The highest BCUT2D eigenvalue weighted by Crippen LogP contribution is 2.31. The van der Waals surface area contributed by atoms with Crippen LogP contribution in [0.4, 0.5) is 5.82 Å². The molecule has 1 saturated heterocycles. The van der Waals surface area contributed by atoms with E-state index in [1.807, 2.05) is 24.4 Å². The first-order valence-electron chi connectivity index (χ1n) is 10.8. The number of pyridine rings is 1. The molecule has 0 bridgehead atoms. The van der Waals surface area contributed by atoms with Crippen LogP contribution in [-0.4, -0.2) is 49.9 Å². The SMILES string of the molecule is CCNC(=NCc1ccnc(N2CCOC(C)C2)c1)NC1CCOc2ccccc21.I. The van der Waals surface area contributed by atoms with Crippen LogP contribution in [0, 0.1) is 0 Å². The van der Waals surface area contributed by atoms with Gasteiger partial charge in [0.25, 0.3) is 0 Å². The number of nitrogens with zero attached hydrogens (tertiary/aromatic N) is 3. The number of rotatable bonds is 5. The molecular weight excluding hydrogens is 505 g/mol. The summed E-state index contributed by atoms with van der Waals surface area (Å²) in [6.45, 7) is 8.78. The maximum Gasteiger partial charge on any atom is 0.192 e. The van der Waals surface area contributed by atoms with Crippen LogP contribution in [0.15, 0.2) is 47.6 Å². The molecule has 2 aromatic rings. The van der Waals surface area contributed by atoms with Crippen molar-refractivity contribution >= 4 is 35.8 Å². The summed E-state index contributed by atoms with van der Waals surface area (Å²) in [6, 6.07) is 12.6. The molecule has 0 spiro atoms. The maximum absolute atomic E-state index is 5.78. The van der Waals surface area contributed by atoms with Gasteiger partial charge in [-0.05, 0) is 37.6 Å². The summed E-state index contributed by atoms with van der Waals surface area (Å²) < 4.78 is 11.4. The third-order valence-corrected chi connectivity index (χ3v) is 5.41. The number of hydrogen-bond acceptors (Lipinski definition) is 5. The monoisotopic (exact) mass is 537 g/mol. The number of morpholine rings is 1. The summed E-state index contributed by atoms with van der Waals surface area (Å²) in [5.74, 6) is 2.77. The normalized spacial score (nSPS) is 20.8. The van der Waals surface area contributed by atoms with Gasteiger partial charge in [-0.25, -0.2) is 9.98 Å². The molecule has 0 aliphatic carbocycles. The Kier molecular flexibility index (Phi) is 8.77. The standard InChI is InChI=1S/C23H31N5O2.HI/c1-3-24-23(27-20-9-12-30-21-7-5-4-6-19(20)21)26-15-18-8-10-25-22(14-18)28-11-13-29-17(2)16-28;/h4-8,10,14,17,20H,3,9,11-13,15-16H2,1-2H3,(H2,24,26,27);1H. The highest BCUT2D eigenvalue weighted by Gasteiger charge is 2.22. The number of benzene rings is 1. The zero-order valence-electron chi connectivity index (χ0n) is 18.2. The molecule has 4 rings (SSSR count). The van der Waals surface area contributed by atoms with Gasteiger partial charge in [0.1, 0.15) is 11.6 Å². The fourth-order valence-corrected chi connectivity index (χ4v) is 3.91. The van der Waals surface area contributed by atoms with Gasteiger partial charge in [-0.3, -0.25) is 0 Å². The van der Waals surface area contributed by atoms with Crippen LogP contribution in [0.2, 0.25) is 0 Å². The molecule has 2 aliphatic rings. The first-order chi connectivity index (χ1) is 14.7. The van der Waals surface area contributed by atoms with E-state index < -0.39 is 0 Å². The Morgan fingerprint density at radius 3 is 2.97 bits per heavy atom. The minimum absolute atomic E-state index is 0. The van der Waals surface area contributed by atoms with Crippen LogP contribution in [-0.2, 0) is 11.3 Å². The quantitative estimate of drug-likeness (QED) is 0.346. The van der Waals surface area contributed by atoms with Crippen molar-refractivity contribution in [2.45, 2.75) is 39.0 Å². The summed E-state index contributed by atoms with van der Waals surface area (Å²) in [7, 11) is 0. The van der Waals surface area contributed by atoms with Crippen molar-refractivity contribution in [1.82, 2.24) is 15.6 Å². The summed E-state index contributed by atoms with van der Waals surface area (Å²) in [4.78, 5) is 11.7. The predicted molar refractivity (Wildman–Crippen MR) is 135 cm³/mol. The van der Waals surface area contributed by atoms with Gasteiger partial charge < -0.3 is 25.0 Å². The molecule has 7 nitrogen and oxygen atoms in total. The summed E-state index contributed by atoms with van der Waals surface area (Å²) in [5, 5.41) is 6.95. The number of hydrogen-bond donors (Lipinski definition) is 2. The highest BCUT2D eigenvalue weighted by atomic mass is 127. The zero-order valence-corrected chi connectivity index (χ0v) is 20.5. The molecular formula is C23H32IN5O2. The lowest BCUT2D eigenvalue weighted by molar-refractivity contribution is 0.0529. The number of anilines is 1. The lowest BCUT2D eigenvalue weighted by Crippen LogP contribution is -2.41. The number of aliphatic imine (C=N–C) groups is 1. The van der Waals surface area contributed by atoms with Gasteiger partial charge >= 0.3 is 0 Å². The van der Waals surface area contributed by atoms with E-state index in [0.29, 0.717) is 13.2 Å². The number of fused-ring (bicyclic) bond motifs is 1. The van der Waals surface area contributed by atoms with Crippen LogP contribution in [0.3, 0.4) is 0 Å². The maximum atomic E-state index is 5.78. The smallest absolute Gasteiger partial charge is 0.192 e. The molecule has 2 N–H and O–H groups in total. The number of halogens is 1. The Bertz CT molecular complexity index is 879. The molecule has 0 saturated carbocycles. The van der Waals surface area contributed by atoms with E-state index in [4.69, 9.17) is 14.5 Å². The number of ether oxygens (including phenoxy) is 2. The Hall–Kier alpha value is -2.07. The Labute approximate surface area is 201 Å². The van der Waals surface area contributed by atoms with Crippen LogP contribution in [0.25, 0.3) is 0 Å². The van der Waals surface area contributed by atoms with Crippen LogP contribution in [0.5, 0.6) is 5.75 Å². The van der Waals surface area contributed by atoms with Crippen molar-refractivity contribution in [3.63, 3.8) is 0 Å². The largest absolute Gasteiger partial charge is 0.493 e. The fourth-order valence-electron chi connectivity index (χ4n) is 3.91. The number of para-hydroxylation sites is 1. The molecule has 1 fully saturated rings. The second-order valence-electron chi connectivity index (χ2n) is 7.72. The van der Waals surface area contributed by atoms with E-state index in [-0.39, 0.29) is 36.1 Å². The average Bonchev–Trinajstić information content (AvgIpc) is 2.78. The third kappa shape index (κ3) is 6.22. The molecule has 8 heteroatoms. The molecule has 1 aromatic carbocycles. The summed E-state index contributed by atoms with van der Waals surface area (Å²) >= 11 is 0. The molecule has 168 valence electrons. The Morgan fingerprint density at radius 2 is 2.13 bits per heavy atom. The molecule has 2 aliphatic heterocycles. The number of nitrogens with one attached hydrogen (secondary N) is 2. The zero-order chi connectivity index (χ0) is 20.8. The second kappa shape index (κ2) is 11.5.